The molecule has 0 aliphatic heterocycles. The third-order valence-electron chi connectivity index (χ3n) is 1.63. The van der Waals surface area contributed by atoms with Gasteiger partial charge in [-0.05, 0) is 12.1 Å². The molecule has 0 spiro atoms. The molecule has 1 rings (SSSR count). The van der Waals surface area contributed by atoms with E-state index >= 15 is 0 Å². The first-order chi connectivity index (χ1) is 6.33. The SMILES string of the molecule is BNCC(O)COc1ccccc1. The van der Waals surface area contributed by atoms with Crippen LogP contribution >= 0.6 is 0 Å². The van der Waals surface area contributed by atoms with Crippen LogP contribution in [0.1, 0.15) is 0 Å². The molecule has 70 valence electrons. The lowest BCUT2D eigenvalue weighted by atomic mass is 10.3. The summed E-state index contributed by atoms with van der Waals surface area (Å²) in [4.78, 5) is 0. The molecule has 0 aliphatic rings. The molecule has 0 amide bonds. The maximum Gasteiger partial charge on any atom is 0.182 e. The van der Waals surface area contributed by atoms with Crippen LogP contribution < -0.4 is 9.96 Å². The number of hydrogen-bond donors (Lipinski definition) is 2. The van der Waals surface area contributed by atoms with E-state index in [2.05, 4.69) is 5.23 Å². The predicted molar refractivity (Wildman–Crippen MR) is 54.5 cm³/mol. The Hall–Kier alpha value is -0.995. The van der Waals surface area contributed by atoms with Crippen molar-refractivity contribution in [2.75, 3.05) is 13.2 Å². The molecule has 1 unspecified atom stereocenters. The van der Waals surface area contributed by atoms with E-state index < -0.39 is 6.10 Å². The Kier molecular flexibility index (Phi) is 4.36. The summed E-state index contributed by atoms with van der Waals surface area (Å²) in [6.07, 6.45) is -0.454. The lowest BCUT2D eigenvalue weighted by Crippen LogP contribution is -2.29. The summed E-state index contributed by atoms with van der Waals surface area (Å²) < 4.78 is 5.33. The minimum atomic E-state index is -0.454. The number of para-hydroxylation sites is 1. The standard InChI is InChI=1S/C9H14BNO2/c10-11-6-8(12)7-13-9-4-2-1-3-5-9/h1-5,8,11-12H,6-7,10H2. The summed E-state index contributed by atoms with van der Waals surface area (Å²) >= 11 is 0. The van der Waals surface area contributed by atoms with Gasteiger partial charge in [-0.2, -0.15) is 0 Å². The van der Waals surface area contributed by atoms with E-state index in [4.69, 9.17) is 4.74 Å². The average molecular weight is 179 g/mol. The molecule has 0 fully saturated rings. The molecular formula is C9H14BNO2. The number of rotatable bonds is 5. The number of aliphatic hydroxyl groups is 1. The maximum absolute atomic E-state index is 9.32. The van der Waals surface area contributed by atoms with Crippen LogP contribution in [-0.2, 0) is 0 Å². The molecule has 2 N–H and O–H groups in total. The first kappa shape index (κ1) is 10.1. The Bertz CT molecular complexity index is 230. The topological polar surface area (TPSA) is 41.5 Å². The molecule has 0 aromatic heterocycles. The van der Waals surface area contributed by atoms with Crippen molar-refractivity contribution in [3.8, 4) is 5.75 Å². The zero-order valence-corrected chi connectivity index (χ0v) is 7.73. The van der Waals surface area contributed by atoms with Crippen molar-refractivity contribution in [3.05, 3.63) is 30.3 Å². The summed E-state index contributed by atoms with van der Waals surface area (Å²) in [5, 5.41) is 12.2. The van der Waals surface area contributed by atoms with Gasteiger partial charge >= 0.3 is 0 Å². The van der Waals surface area contributed by atoms with Crippen molar-refractivity contribution in [2.24, 2.45) is 0 Å². The summed E-state index contributed by atoms with van der Waals surface area (Å²) in [5.74, 6) is 0.789. The van der Waals surface area contributed by atoms with E-state index in [1.165, 1.54) is 0 Å². The second kappa shape index (κ2) is 5.62. The average Bonchev–Trinajstić information content (AvgIpc) is 2.17. The lowest BCUT2D eigenvalue weighted by Gasteiger charge is -2.11. The van der Waals surface area contributed by atoms with E-state index in [9.17, 15) is 5.11 Å². The molecule has 1 aromatic rings. The lowest BCUT2D eigenvalue weighted by molar-refractivity contribution is 0.111. The number of nitrogens with one attached hydrogen (secondary N) is 1. The molecule has 0 saturated carbocycles. The molecule has 13 heavy (non-hydrogen) atoms. The van der Waals surface area contributed by atoms with E-state index in [1.807, 2.05) is 30.3 Å². The molecule has 0 bridgehead atoms. The molecule has 0 heterocycles. The van der Waals surface area contributed by atoms with Crippen LogP contribution in [0.5, 0.6) is 5.75 Å². The smallest absolute Gasteiger partial charge is 0.182 e. The minimum Gasteiger partial charge on any atom is -0.491 e. The second-order valence-electron chi connectivity index (χ2n) is 2.84. The Labute approximate surface area is 79.2 Å². The van der Waals surface area contributed by atoms with Crippen LogP contribution in [0.3, 0.4) is 0 Å². The third-order valence-corrected chi connectivity index (χ3v) is 1.63. The first-order valence-electron chi connectivity index (χ1n) is 4.33. The molecular weight excluding hydrogens is 165 g/mol. The quantitative estimate of drug-likeness (QED) is 0.602. The van der Waals surface area contributed by atoms with Gasteiger partial charge in [0, 0.05) is 6.54 Å². The zero-order chi connectivity index (χ0) is 9.52. The first-order valence-corrected chi connectivity index (χ1v) is 4.33. The maximum atomic E-state index is 9.32. The van der Waals surface area contributed by atoms with Gasteiger partial charge in [0.05, 0.1) is 6.10 Å². The molecule has 1 aromatic carbocycles. The summed E-state index contributed by atoms with van der Waals surface area (Å²) in [5.41, 5.74) is 0. The fourth-order valence-corrected chi connectivity index (χ4v) is 1.00. The number of hydrogen-bond acceptors (Lipinski definition) is 3. The van der Waals surface area contributed by atoms with Gasteiger partial charge in [0.15, 0.2) is 7.98 Å². The van der Waals surface area contributed by atoms with Crippen LogP contribution in [0.25, 0.3) is 0 Å². The van der Waals surface area contributed by atoms with Gasteiger partial charge in [-0.25, -0.2) is 0 Å². The van der Waals surface area contributed by atoms with E-state index in [0.29, 0.717) is 13.2 Å². The molecule has 1 atom stereocenters. The molecule has 0 aliphatic carbocycles. The number of ether oxygens (including phenoxy) is 1. The van der Waals surface area contributed by atoms with E-state index in [-0.39, 0.29) is 0 Å². The van der Waals surface area contributed by atoms with Crippen molar-refractivity contribution in [2.45, 2.75) is 6.10 Å². The Morgan fingerprint density at radius 3 is 2.69 bits per heavy atom. The highest BCUT2D eigenvalue weighted by molar-refractivity contribution is 6.04. The number of aliphatic hydroxyl groups excluding tert-OH is 1. The van der Waals surface area contributed by atoms with Crippen LogP contribution in [0.15, 0.2) is 30.3 Å². The van der Waals surface area contributed by atoms with Gasteiger partial charge in [-0.15, -0.1) is 0 Å². The largest absolute Gasteiger partial charge is 0.491 e. The fourth-order valence-electron chi connectivity index (χ4n) is 1.00. The van der Waals surface area contributed by atoms with Gasteiger partial charge in [0.25, 0.3) is 0 Å². The zero-order valence-electron chi connectivity index (χ0n) is 7.73. The van der Waals surface area contributed by atoms with Crippen LogP contribution in [0.2, 0.25) is 0 Å². The normalized spacial score (nSPS) is 12.4. The molecule has 4 heteroatoms. The fraction of sp³-hybridized carbons (Fsp3) is 0.333. The summed E-state index contributed by atoms with van der Waals surface area (Å²) in [6, 6.07) is 9.47. The monoisotopic (exact) mass is 179 g/mol. The van der Waals surface area contributed by atoms with Crippen molar-refractivity contribution in [3.63, 3.8) is 0 Å². The second-order valence-corrected chi connectivity index (χ2v) is 2.84. The van der Waals surface area contributed by atoms with E-state index in [0.717, 1.165) is 5.75 Å². The Balaban J connectivity index is 2.27. The van der Waals surface area contributed by atoms with Crippen molar-refractivity contribution in [1.82, 2.24) is 5.23 Å². The Morgan fingerprint density at radius 2 is 2.08 bits per heavy atom. The molecule has 0 radical (unpaired) electrons. The highest BCUT2D eigenvalue weighted by atomic mass is 16.5. The minimum absolute atomic E-state index is 0.324. The molecule has 3 nitrogen and oxygen atoms in total. The van der Waals surface area contributed by atoms with Crippen molar-refractivity contribution < 1.29 is 9.84 Å². The number of benzene rings is 1. The summed E-state index contributed by atoms with van der Waals surface area (Å²) in [6.45, 7) is 0.873. The van der Waals surface area contributed by atoms with Crippen LogP contribution in [0.4, 0.5) is 0 Å². The van der Waals surface area contributed by atoms with Gasteiger partial charge in [-0.3, -0.25) is 0 Å². The predicted octanol–water partition coefficient (Wildman–Crippen LogP) is -0.436. The highest BCUT2D eigenvalue weighted by Gasteiger charge is 2.02. The summed E-state index contributed by atoms with van der Waals surface area (Å²) in [7, 11) is 1.80. The van der Waals surface area contributed by atoms with Crippen LogP contribution in [-0.4, -0.2) is 32.3 Å². The van der Waals surface area contributed by atoms with Gasteiger partial charge < -0.3 is 15.1 Å². The van der Waals surface area contributed by atoms with Crippen LogP contribution in [0, 0.1) is 0 Å². The molecule has 0 saturated heterocycles. The van der Waals surface area contributed by atoms with Gasteiger partial charge in [0.1, 0.15) is 12.4 Å². The third kappa shape index (κ3) is 3.96. The Morgan fingerprint density at radius 1 is 1.38 bits per heavy atom. The van der Waals surface area contributed by atoms with Gasteiger partial charge in [-0.1, -0.05) is 18.2 Å². The van der Waals surface area contributed by atoms with Crippen molar-refractivity contribution >= 4 is 7.98 Å². The highest BCUT2D eigenvalue weighted by Crippen LogP contribution is 2.08. The van der Waals surface area contributed by atoms with E-state index in [1.54, 1.807) is 7.98 Å². The van der Waals surface area contributed by atoms with Gasteiger partial charge in [0.2, 0.25) is 0 Å². The van der Waals surface area contributed by atoms with Crippen molar-refractivity contribution in [1.29, 1.82) is 0 Å².